The van der Waals surface area contributed by atoms with Gasteiger partial charge in [0, 0.05) is 38.9 Å². The number of aromatic nitrogens is 2. The molecule has 0 saturated carbocycles. The van der Waals surface area contributed by atoms with Gasteiger partial charge >= 0.3 is 0 Å². The molecular weight excluding hydrogens is 411 g/mol. The summed E-state index contributed by atoms with van der Waals surface area (Å²) in [6.45, 7) is 3.66. The first-order valence-corrected chi connectivity index (χ1v) is 10.6. The zero-order chi connectivity index (χ0) is 23.2. The molecule has 172 valence electrons. The lowest BCUT2D eigenvalue weighted by Gasteiger charge is -2.10. The summed E-state index contributed by atoms with van der Waals surface area (Å²) >= 11 is 0. The third-order valence-electron chi connectivity index (χ3n) is 4.51. The van der Waals surface area contributed by atoms with Gasteiger partial charge in [0.1, 0.15) is 11.6 Å². The first kappa shape index (κ1) is 25.0. The van der Waals surface area contributed by atoms with Crippen LogP contribution in [0, 0.1) is 17.7 Å². The van der Waals surface area contributed by atoms with E-state index in [1.54, 1.807) is 32.5 Å². The van der Waals surface area contributed by atoms with Crippen molar-refractivity contribution in [1.82, 2.24) is 20.6 Å². The van der Waals surface area contributed by atoms with Crippen molar-refractivity contribution >= 4 is 23.4 Å². The Morgan fingerprint density at radius 3 is 2.88 bits per heavy atom. The van der Waals surface area contributed by atoms with E-state index >= 15 is 0 Å². The van der Waals surface area contributed by atoms with E-state index in [1.807, 2.05) is 6.92 Å². The molecule has 0 radical (unpaired) electrons. The number of halogens is 1. The van der Waals surface area contributed by atoms with Crippen LogP contribution >= 0.6 is 0 Å². The van der Waals surface area contributed by atoms with Crippen LogP contribution in [0.1, 0.15) is 31.7 Å². The second-order valence-corrected chi connectivity index (χ2v) is 7.07. The Bertz CT molecular complexity index is 928. The van der Waals surface area contributed by atoms with Crippen LogP contribution in [0.15, 0.2) is 30.5 Å². The fourth-order valence-corrected chi connectivity index (χ4v) is 2.62. The van der Waals surface area contributed by atoms with Crippen LogP contribution in [0.25, 0.3) is 0 Å². The van der Waals surface area contributed by atoms with Gasteiger partial charge in [-0.05, 0) is 45.0 Å². The Labute approximate surface area is 188 Å². The zero-order valence-electron chi connectivity index (χ0n) is 18.8. The Balaban J connectivity index is 2.00. The van der Waals surface area contributed by atoms with Gasteiger partial charge in [0.2, 0.25) is 11.9 Å². The predicted molar refractivity (Wildman–Crippen MR) is 124 cm³/mol. The highest BCUT2D eigenvalue weighted by molar-refractivity contribution is 5.81. The summed E-state index contributed by atoms with van der Waals surface area (Å²) < 4.78 is 18.5. The second-order valence-electron chi connectivity index (χ2n) is 7.07. The van der Waals surface area contributed by atoms with Gasteiger partial charge < -0.3 is 26.0 Å². The van der Waals surface area contributed by atoms with Gasteiger partial charge in [0.25, 0.3) is 0 Å². The molecule has 2 rings (SSSR count). The summed E-state index contributed by atoms with van der Waals surface area (Å²) in [5.41, 5.74) is 1.23. The number of rotatable bonds is 12. The van der Waals surface area contributed by atoms with Gasteiger partial charge in [-0.1, -0.05) is 17.9 Å². The summed E-state index contributed by atoms with van der Waals surface area (Å²) in [6, 6.07) is 5.88. The predicted octanol–water partition coefficient (Wildman–Crippen LogP) is 2.66. The molecule has 0 spiro atoms. The number of methoxy groups -OCH3 is 1. The van der Waals surface area contributed by atoms with Gasteiger partial charge in [0.05, 0.1) is 17.8 Å². The standard InChI is InChI=1S/C23H31FN6O2/c1-17(25-2)22(31)27-12-6-4-5-9-18-16-28-23(29-20-11-7-10-19(24)15-20)30-21(18)26-13-8-14-32-3/h7,10-11,15-17,25H,4,6,8,12-14H2,1-3H3,(H,27,31)(H2,26,28,29,30). The molecule has 0 aliphatic heterocycles. The molecule has 0 fully saturated rings. The first-order valence-electron chi connectivity index (χ1n) is 10.6. The molecule has 32 heavy (non-hydrogen) atoms. The van der Waals surface area contributed by atoms with Crippen molar-refractivity contribution in [2.75, 3.05) is 44.5 Å². The van der Waals surface area contributed by atoms with Crippen LogP contribution in [0.3, 0.4) is 0 Å². The Morgan fingerprint density at radius 1 is 1.28 bits per heavy atom. The van der Waals surface area contributed by atoms with E-state index in [4.69, 9.17) is 4.74 Å². The quantitative estimate of drug-likeness (QED) is 0.296. The average molecular weight is 443 g/mol. The average Bonchev–Trinajstić information content (AvgIpc) is 2.79. The van der Waals surface area contributed by atoms with E-state index in [0.29, 0.717) is 49.1 Å². The van der Waals surface area contributed by atoms with Crippen molar-refractivity contribution < 1.29 is 13.9 Å². The molecule has 0 saturated heterocycles. The topological polar surface area (TPSA) is 100 Å². The minimum atomic E-state index is -0.341. The molecule has 4 N–H and O–H groups in total. The first-order chi connectivity index (χ1) is 15.5. The lowest BCUT2D eigenvalue weighted by atomic mass is 10.2. The Hall–Kier alpha value is -3.22. The van der Waals surface area contributed by atoms with E-state index in [1.165, 1.54) is 12.1 Å². The number of likely N-dealkylation sites (N-methyl/N-ethyl adjacent to an activating group) is 1. The molecule has 1 aromatic heterocycles. The number of anilines is 3. The molecular formula is C23H31FN6O2. The van der Waals surface area contributed by atoms with Crippen LogP contribution in [0.4, 0.5) is 21.8 Å². The Kier molecular flexibility index (Phi) is 10.9. The maximum atomic E-state index is 13.4. The summed E-state index contributed by atoms with van der Waals surface area (Å²) in [7, 11) is 3.40. The molecule has 0 bridgehead atoms. The van der Waals surface area contributed by atoms with Crippen molar-refractivity contribution in [1.29, 1.82) is 0 Å². The van der Waals surface area contributed by atoms with Crippen molar-refractivity contribution in [3.05, 3.63) is 41.8 Å². The molecule has 1 aromatic carbocycles. The van der Waals surface area contributed by atoms with Gasteiger partial charge in [-0.3, -0.25) is 4.79 Å². The van der Waals surface area contributed by atoms with E-state index in [2.05, 4.69) is 43.1 Å². The number of nitrogens with one attached hydrogen (secondary N) is 4. The largest absolute Gasteiger partial charge is 0.385 e. The number of hydrogen-bond donors (Lipinski definition) is 4. The normalized spacial score (nSPS) is 11.2. The van der Waals surface area contributed by atoms with Crippen molar-refractivity contribution in [3.8, 4) is 11.8 Å². The lowest BCUT2D eigenvalue weighted by molar-refractivity contribution is -0.122. The van der Waals surface area contributed by atoms with E-state index in [-0.39, 0.29) is 17.8 Å². The summed E-state index contributed by atoms with van der Waals surface area (Å²) in [4.78, 5) is 20.5. The van der Waals surface area contributed by atoms with Gasteiger partial charge in [-0.15, -0.1) is 0 Å². The SMILES string of the molecule is CNC(C)C(=O)NCCCC#Cc1cnc(Nc2cccc(F)c2)nc1NCCCOC. The number of carbonyl (C=O) groups excluding carboxylic acids is 1. The highest BCUT2D eigenvalue weighted by atomic mass is 19.1. The van der Waals surface area contributed by atoms with Gasteiger partial charge in [-0.25, -0.2) is 9.37 Å². The molecule has 0 aliphatic rings. The van der Waals surface area contributed by atoms with Crippen molar-refractivity contribution in [2.45, 2.75) is 32.2 Å². The number of ether oxygens (including phenoxy) is 1. The second kappa shape index (κ2) is 14.0. The summed E-state index contributed by atoms with van der Waals surface area (Å²) in [6.07, 6.45) is 3.81. The summed E-state index contributed by atoms with van der Waals surface area (Å²) in [5.74, 6) is 6.77. The van der Waals surface area contributed by atoms with E-state index in [0.717, 1.165) is 12.8 Å². The maximum Gasteiger partial charge on any atom is 0.236 e. The van der Waals surface area contributed by atoms with Crippen LogP contribution < -0.4 is 21.3 Å². The molecule has 2 aromatic rings. The van der Waals surface area contributed by atoms with Gasteiger partial charge in [-0.2, -0.15) is 4.98 Å². The molecule has 1 heterocycles. The van der Waals surface area contributed by atoms with Crippen molar-refractivity contribution in [3.63, 3.8) is 0 Å². The number of carbonyl (C=O) groups is 1. The Morgan fingerprint density at radius 2 is 2.12 bits per heavy atom. The number of unbranched alkanes of at least 4 members (excludes halogenated alkanes) is 1. The monoisotopic (exact) mass is 442 g/mol. The fourth-order valence-electron chi connectivity index (χ4n) is 2.62. The van der Waals surface area contributed by atoms with Crippen LogP contribution in [-0.4, -0.2) is 55.8 Å². The number of hydrogen-bond acceptors (Lipinski definition) is 7. The fraction of sp³-hybridized carbons (Fsp3) is 0.435. The molecule has 8 nitrogen and oxygen atoms in total. The third kappa shape index (κ3) is 8.88. The van der Waals surface area contributed by atoms with Crippen molar-refractivity contribution in [2.24, 2.45) is 0 Å². The minimum Gasteiger partial charge on any atom is -0.385 e. The van der Waals surface area contributed by atoms with E-state index in [9.17, 15) is 9.18 Å². The molecule has 1 unspecified atom stereocenters. The number of amides is 1. The molecule has 1 amide bonds. The smallest absolute Gasteiger partial charge is 0.236 e. The highest BCUT2D eigenvalue weighted by Gasteiger charge is 2.08. The van der Waals surface area contributed by atoms with Crippen LogP contribution in [0.2, 0.25) is 0 Å². The highest BCUT2D eigenvalue weighted by Crippen LogP contribution is 2.18. The minimum absolute atomic E-state index is 0.0298. The summed E-state index contributed by atoms with van der Waals surface area (Å²) in [5, 5.41) is 12.0. The maximum absolute atomic E-state index is 13.4. The van der Waals surface area contributed by atoms with Crippen LogP contribution in [0.5, 0.6) is 0 Å². The molecule has 9 heteroatoms. The third-order valence-corrected chi connectivity index (χ3v) is 4.51. The van der Waals surface area contributed by atoms with Crippen LogP contribution in [-0.2, 0) is 9.53 Å². The van der Waals surface area contributed by atoms with Gasteiger partial charge in [0.15, 0.2) is 0 Å². The molecule has 1 atom stereocenters. The number of nitrogens with zero attached hydrogens (tertiary/aromatic N) is 2. The lowest BCUT2D eigenvalue weighted by Crippen LogP contribution is -2.40. The molecule has 0 aliphatic carbocycles. The zero-order valence-corrected chi connectivity index (χ0v) is 18.8. The number of benzene rings is 1. The van der Waals surface area contributed by atoms with E-state index < -0.39 is 0 Å².